The summed E-state index contributed by atoms with van der Waals surface area (Å²) in [6.07, 6.45) is 1.98. The molecule has 1 aliphatic heterocycles. The monoisotopic (exact) mass is 509 g/mol. The molecule has 0 spiro atoms. The number of hydrogen-bond acceptors (Lipinski definition) is 6. The Morgan fingerprint density at radius 2 is 1.75 bits per heavy atom. The number of nitrogens with zero attached hydrogens (tertiary/aromatic N) is 2. The summed E-state index contributed by atoms with van der Waals surface area (Å²) in [5, 5.41) is 3.86. The van der Waals surface area contributed by atoms with Gasteiger partial charge in [0.2, 0.25) is 11.8 Å². The van der Waals surface area contributed by atoms with Crippen molar-refractivity contribution in [2.24, 2.45) is 0 Å². The lowest BCUT2D eigenvalue weighted by Gasteiger charge is -2.35. The third-order valence-electron chi connectivity index (χ3n) is 5.87. The molecule has 8 nitrogen and oxygen atoms in total. The van der Waals surface area contributed by atoms with Gasteiger partial charge in [-0.25, -0.2) is 4.79 Å². The van der Waals surface area contributed by atoms with Crippen molar-refractivity contribution in [3.8, 4) is 0 Å². The molecule has 2 amide bonds. The third-order valence-corrected chi connectivity index (χ3v) is 6.91. The van der Waals surface area contributed by atoms with E-state index in [1.165, 1.54) is 11.8 Å². The molecular formula is C27H31N3O5S. The molecule has 1 fully saturated rings. The molecule has 9 heteroatoms. The van der Waals surface area contributed by atoms with Crippen molar-refractivity contribution in [1.82, 2.24) is 9.47 Å². The Kier molecular flexibility index (Phi) is 8.32. The minimum atomic E-state index is -0.390. The van der Waals surface area contributed by atoms with Gasteiger partial charge in [0.25, 0.3) is 0 Å². The van der Waals surface area contributed by atoms with Crippen LogP contribution in [0.5, 0.6) is 0 Å². The SMILES string of the molecule is CCOC(=O)c1ccc(NC(=O)CSc2cn(CC(=O)N3C[C@H](C)O[C@@H](C)C3)c3ccccc23)cc1. The number of carbonyl (C=O) groups is 3. The molecule has 4 rings (SSSR count). The topological polar surface area (TPSA) is 89.9 Å². The zero-order valence-corrected chi connectivity index (χ0v) is 21.5. The summed E-state index contributed by atoms with van der Waals surface area (Å²) < 4.78 is 12.7. The fraction of sp³-hybridized carbons (Fsp3) is 0.370. The van der Waals surface area contributed by atoms with Crippen LogP contribution in [0.3, 0.4) is 0 Å². The van der Waals surface area contributed by atoms with Gasteiger partial charge in [-0.3, -0.25) is 9.59 Å². The summed E-state index contributed by atoms with van der Waals surface area (Å²) >= 11 is 1.42. The van der Waals surface area contributed by atoms with Crippen LogP contribution in [0, 0.1) is 0 Å². The summed E-state index contributed by atoms with van der Waals surface area (Å²) in [7, 11) is 0. The molecule has 36 heavy (non-hydrogen) atoms. The average Bonchev–Trinajstić information content (AvgIpc) is 3.20. The van der Waals surface area contributed by atoms with Crippen molar-refractivity contribution in [2.45, 2.75) is 44.4 Å². The van der Waals surface area contributed by atoms with Gasteiger partial charge in [0.15, 0.2) is 0 Å². The van der Waals surface area contributed by atoms with Crippen LogP contribution in [0.4, 0.5) is 5.69 Å². The molecule has 1 aliphatic rings. The highest BCUT2D eigenvalue weighted by Crippen LogP contribution is 2.30. The van der Waals surface area contributed by atoms with Gasteiger partial charge in [-0.15, -0.1) is 11.8 Å². The van der Waals surface area contributed by atoms with Crippen LogP contribution in [0.25, 0.3) is 10.9 Å². The minimum absolute atomic E-state index is 0.0186. The van der Waals surface area contributed by atoms with Gasteiger partial charge in [-0.05, 0) is 51.1 Å². The first-order valence-electron chi connectivity index (χ1n) is 12.0. The molecular weight excluding hydrogens is 478 g/mol. The maximum Gasteiger partial charge on any atom is 0.338 e. The number of benzene rings is 2. The summed E-state index contributed by atoms with van der Waals surface area (Å²) in [6.45, 7) is 7.44. The summed E-state index contributed by atoms with van der Waals surface area (Å²) in [5.74, 6) is -0.287. The lowest BCUT2D eigenvalue weighted by atomic mass is 10.2. The first kappa shape index (κ1) is 25.8. The van der Waals surface area contributed by atoms with Crippen molar-refractivity contribution in [3.63, 3.8) is 0 Å². The van der Waals surface area contributed by atoms with Gasteiger partial charge < -0.3 is 24.3 Å². The van der Waals surface area contributed by atoms with E-state index in [4.69, 9.17) is 9.47 Å². The standard InChI is InChI=1S/C27H31N3O5S/c1-4-34-27(33)20-9-11-21(12-10-20)28-25(31)17-36-24-15-29(23-8-6-5-7-22(23)24)16-26(32)30-13-18(2)35-19(3)14-30/h5-12,15,18-19H,4,13-14,16-17H2,1-3H3,(H,28,31)/t18-,19-/m0/s1. The van der Waals surface area contributed by atoms with E-state index in [0.717, 1.165) is 15.8 Å². The Labute approximate surface area is 214 Å². The fourth-order valence-corrected chi connectivity index (χ4v) is 5.22. The molecule has 0 aliphatic carbocycles. The van der Waals surface area contributed by atoms with Crippen molar-refractivity contribution < 1.29 is 23.9 Å². The highest BCUT2D eigenvalue weighted by molar-refractivity contribution is 8.00. The third kappa shape index (κ3) is 6.27. The average molecular weight is 510 g/mol. The van der Waals surface area contributed by atoms with E-state index in [1.54, 1.807) is 31.2 Å². The van der Waals surface area contributed by atoms with Crippen molar-refractivity contribution in [3.05, 3.63) is 60.3 Å². The van der Waals surface area contributed by atoms with Crippen molar-refractivity contribution in [1.29, 1.82) is 0 Å². The van der Waals surface area contributed by atoms with Gasteiger partial charge in [0, 0.05) is 40.8 Å². The first-order valence-corrected chi connectivity index (χ1v) is 13.0. The molecule has 0 bridgehead atoms. The summed E-state index contributed by atoms with van der Waals surface area (Å²) in [4.78, 5) is 40.2. The highest BCUT2D eigenvalue weighted by Gasteiger charge is 2.26. The maximum atomic E-state index is 13.0. The van der Waals surface area contributed by atoms with Crippen LogP contribution in [-0.4, -0.2) is 64.9 Å². The summed E-state index contributed by atoms with van der Waals surface area (Å²) in [6, 6.07) is 14.5. The van der Waals surface area contributed by atoms with E-state index in [2.05, 4.69) is 5.32 Å². The molecule has 2 aromatic carbocycles. The Balaban J connectivity index is 1.39. The molecule has 0 unspecified atom stereocenters. The van der Waals surface area contributed by atoms with E-state index in [-0.39, 0.29) is 36.3 Å². The maximum absolute atomic E-state index is 13.0. The number of morpholine rings is 1. The van der Waals surface area contributed by atoms with Gasteiger partial charge in [-0.1, -0.05) is 18.2 Å². The summed E-state index contributed by atoms with van der Waals surface area (Å²) in [5.41, 5.74) is 2.00. The number of carbonyl (C=O) groups excluding carboxylic acids is 3. The van der Waals surface area contributed by atoms with Crippen LogP contribution in [0.1, 0.15) is 31.1 Å². The lowest BCUT2D eigenvalue weighted by molar-refractivity contribution is -0.143. The van der Waals surface area contributed by atoms with Gasteiger partial charge in [0.05, 0.1) is 30.1 Å². The molecule has 1 N–H and O–H groups in total. The smallest absolute Gasteiger partial charge is 0.338 e. The molecule has 190 valence electrons. The normalized spacial score (nSPS) is 17.7. The zero-order valence-electron chi connectivity index (χ0n) is 20.7. The Morgan fingerprint density at radius 3 is 2.44 bits per heavy atom. The molecule has 1 aromatic heterocycles. The predicted octanol–water partition coefficient (Wildman–Crippen LogP) is 4.18. The highest BCUT2D eigenvalue weighted by atomic mass is 32.2. The van der Waals surface area contributed by atoms with E-state index in [9.17, 15) is 14.4 Å². The zero-order chi connectivity index (χ0) is 25.7. The molecule has 1 saturated heterocycles. The second kappa shape index (κ2) is 11.6. The van der Waals surface area contributed by atoms with Gasteiger partial charge in [-0.2, -0.15) is 0 Å². The van der Waals surface area contributed by atoms with E-state index in [1.807, 2.05) is 53.8 Å². The molecule has 2 heterocycles. The van der Waals surface area contributed by atoms with Crippen molar-refractivity contribution >= 4 is 46.1 Å². The molecule has 2 atom stereocenters. The van der Waals surface area contributed by atoms with Crippen LogP contribution in [0.15, 0.2) is 59.6 Å². The minimum Gasteiger partial charge on any atom is -0.462 e. The number of ether oxygens (including phenoxy) is 2. The lowest BCUT2D eigenvalue weighted by Crippen LogP contribution is -2.49. The van der Waals surface area contributed by atoms with Crippen LogP contribution < -0.4 is 5.32 Å². The van der Waals surface area contributed by atoms with E-state index >= 15 is 0 Å². The number of fused-ring (bicyclic) bond motifs is 1. The number of thioether (sulfide) groups is 1. The Bertz CT molecular complexity index is 1230. The second-order valence-electron chi connectivity index (χ2n) is 8.83. The number of aromatic nitrogens is 1. The van der Waals surface area contributed by atoms with Crippen LogP contribution in [0.2, 0.25) is 0 Å². The number of amides is 2. The van der Waals surface area contributed by atoms with Crippen molar-refractivity contribution in [2.75, 3.05) is 30.8 Å². The second-order valence-corrected chi connectivity index (χ2v) is 9.85. The number of rotatable bonds is 8. The molecule has 0 radical (unpaired) electrons. The number of para-hydroxylation sites is 1. The Hall–Kier alpha value is -3.30. The van der Waals surface area contributed by atoms with Crippen LogP contribution in [-0.2, 0) is 25.6 Å². The molecule has 3 aromatic rings. The van der Waals surface area contributed by atoms with Gasteiger partial charge in [0.1, 0.15) is 6.54 Å². The van der Waals surface area contributed by atoms with E-state index in [0.29, 0.717) is 30.9 Å². The number of esters is 1. The van der Waals surface area contributed by atoms with Crippen LogP contribution >= 0.6 is 11.8 Å². The first-order chi connectivity index (χ1) is 17.3. The number of nitrogens with one attached hydrogen (secondary N) is 1. The quantitative estimate of drug-likeness (QED) is 0.362. The predicted molar refractivity (Wildman–Crippen MR) is 140 cm³/mol. The number of hydrogen-bond donors (Lipinski definition) is 1. The van der Waals surface area contributed by atoms with E-state index < -0.39 is 5.97 Å². The molecule has 0 saturated carbocycles. The largest absolute Gasteiger partial charge is 0.462 e. The van der Waals surface area contributed by atoms with Gasteiger partial charge >= 0.3 is 5.97 Å². The number of anilines is 1. The fourth-order valence-electron chi connectivity index (χ4n) is 4.33. The Morgan fingerprint density at radius 1 is 1.06 bits per heavy atom.